The first-order valence-electron chi connectivity index (χ1n) is 14.8. The van der Waals surface area contributed by atoms with E-state index in [9.17, 15) is 14.4 Å². The quantitative estimate of drug-likeness (QED) is 0.239. The number of ether oxygens (including phenoxy) is 4. The molecule has 3 aromatic carbocycles. The van der Waals surface area contributed by atoms with Crippen molar-refractivity contribution in [2.45, 2.75) is 33.7 Å². The van der Waals surface area contributed by atoms with E-state index in [1.807, 2.05) is 62.4 Å². The first-order chi connectivity index (χ1) is 22.2. The molecule has 0 unspecified atom stereocenters. The van der Waals surface area contributed by atoms with Gasteiger partial charge in [0, 0.05) is 5.69 Å². The molecule has 0 spiro atoms. The maximum Gasteiger partial charge on any atom is 0.338 e. The SMILES string of the molecule is CCOC(=O)C1=C(C)N=c2s/c(=C\c3ccc(OCC(=O)Nc4ccc(C)cc4)c(OC)c3)c(=O)n2[C@H]1c1ccc(OCC)cc1. The Balaban J connectivity index is 1.45. The molecule has 0 bridgehead atoms. The van der Waals surface area contributed by atoms with Crippen molar-refractivity contribution in [3.05, 3.63) is 114 Å². The van der Waals surface area contributed by atoms with Crippen molar-refractivity contribution in [3.8, 4) is 17.2 Å². The van der Waals surface area contributed by atoms with Gasteiger partial charge in [-0.15, -0.1) is 0 Å². The van der Waals surface area contributed by atoms with Crippen molar-refractivity contribution in [1.29, 1.82) is 0 Å². The molecule has 1 aliphatic rings. The molecular formula is C35H35N3O7S. The van der Waals surface area contributed by atoms with E-state index in [2.05, 4.69) is 10.3 Å². The molecule has 46 heavy (non-hydrogen) atoms. The molecule has 4 aromatic rings. The number of anilines is 1. The van der Waals surface area contributed by atoms with E-state index in [0.29, 0.717) is 55.7 Å². The number of hydrogen-bond donors (Lipinski definition) is 1. The number of carbonyl (C=O) groups is 2. The Kier molecular flexibility index (Phi) is 10.0. The lowest BCUT2D eigenvalue weighted by Gasteiger charge is -2.24. The summed E-state index contributed by atoms with van der Waals surface area (Å²) in [7, 11) is 1.50. The maximum absolute atomic E-state index is 14.0. The lowest BCUT2D eigenvalue weighted by molar-refractivity contribution is -0.139. The number of carbonyl (C=O) groups excluding carboxylic acids is 2. The number of nitrogens with zero attached hydrogens (tertiary/aromatic N) is 2. The van der Waals surface area contributed by atoms with Crippen molar-refractivity contribution in [2.75, 3.05) is 32.2 Å². The molecule has 0 fully saturated rings. The molecule has 5 rings (SSSR count). The van der Waals surface area contributed by atoms with E-state index >= 15 is 0 Å². The van der Waals surface area contributed by atoms with Gasteiger partial charge in [-0.2, -0.15) is 0 Å². The van der Waals surface area contributed by atoms with Crippen molar-refractivity contribution >= 4 is 35.0 Å². The minimum atomic E-state index is -0.732. The number of amides is 1. The van der Waals surface area contributed by atoms with E-state index in [-0.39, 0.29) is 24.7 Å². The summed E-state index contributed by atoms with van der Waals surface area (Å²) in [5.41, 5.74) is 3.66. The van der Waals surface area contributed by atoms with E-state index in [1.54, 1.807) is 38.1 Å². The minimum absolute atomic E-state index is 0.189. The minimum Gasteiger partial charge on any atom is -0.494 e. The van der Waals surface area contributed by atoms with Crippen LogP contribution < -0.4 is 34.4 Å². The highest BCUT2D eigenvalue weighted by molar-refractivity contribution is 7.07. The second kappa shape index (κ2) is 14.3. The summed E-state index contributed by atoms with van der Waals surface area (Å²) in [4.78, 5) is 44.6. The Hall–Kier alpha value is -5.16. The van der Waals surface area contributed by atoms with Gasteiger partial charge in [0.15, 0.2) is 22.9 Å². The Bertz CT molecular complexity index is 1960. The Morgan fingerprint density at radius 2 is 1.70 bits per heavy atom. The van der Waals surface area contributed by atoms with Crippen LogP contribution in [0.25, 0.3) is 6.08 Å². The molecule has 1 N–H and O–H groups in total. The van der Waals surface area contributed by atoms with Crippen molar-refractivity contribution in [3.63, 3.8) is 0 Å². The lowest BCUT2D eigenvalue weighted by atomic mass is 9.96. The van der Waals surface area contributed by atoms with Crippen LogP contribution in [-0.2, 0) is 14.3 Å². The summed E-state index contributed by atoms with van der Waals surface area (Å²) in [5.74, 6) is 0.633. The van der Waals surface area contributed by atoms with Crippen LogP contribution in [0.5, 0.6) is 17.2 Å². The van der Waals surface area contributed by atoms with Gasteiger partial charge in [-0.3, -0.25) is 14.2 Å². The van der Waals surface area contributed by atoms with Crippen molar-refractivity contribution in [1.82, 2.24) is 4.57 Å². The third-order valence-corrected chi connectivity index (χ3v) is 8.19. The fourth-order valence-electron chi connectivity index (χ4n) is 5.04. The smallest absolute Gasteiger partial charge is 0.338 e. The van der Waals surface area contributed by atoms with Gasteiger partial charge in [0.2, 0.25) is 0 Å². The molecule has 1 amide bonds. The first kappa shape index (κ1) is 32.2. The molecule has 238 valence electrons. The monoisotopic (exact) mass is 641 g/mol. The zero-order chi connectivity index (χ0) is 32.8. The highest BCUT2D eigenvalue weighted by Gasteiger charge is 2.33. The van der Waals surface area contributed by atoms with Crippen LogP contribution in [-0.4, -0.2) is 43.4 Å². The van der Waals surface area contributed by atoms with E-state index < -0.39 is 12.0 Å². The van der Waals surface area contributed by atoms with Crippen LogP contribution >= 0.6 is 11.3 Å². The largest absolute Gasteiger partial charge is 0.494 e. The van der Waals surface area contributed by atoms with Crippen LogP contribution in [0.1, 0.15) is 43.5 Å². The van der Waals surface area contributed by atoms with E-state index in [0.717, 1.165) is 11.1 Å². The average Bonchev–Trinajstić information content (AvgIpc) is 3.35. The predicted octanol–water partition coefficient (Wildman–Crippen LogP) is 4.53. The zero-order valence-corrected chi connectivity index (χ0v) is 27.1. The third-order valence-electron chi connectivity index (χ3n) is 7.20. The Morgan fingerprint density at radius 3 is 2.37 bits per heavy atom. The highest BCUT2D eigenvalue weighted by Crippen LogP contribution is 2.32. The summed E-state index contributed by atoms with van der Waals surface area (Å²) < 4.78 is 24.2. The number of hydrogen-bond acceptors (Lipinski definition) is 9. The standard InChI is InChI=1S/C35H35N3O7S/c1-6-43-26-15-11-24(12-16-26)32-31(34(41)44-7-2)22(4)36-35-38(32)33(40)29(46-35)19-23-10-17-27(28(18-23)42-5)45-20-30(39)37-25-13-8-21(3)9-14-25/h8-19,32H,6-7,20H2,1-5H3,(H,37,39)/b29-19-/t32-/m0/s1. The molecule has 10 nitrogen and oxygen atoms in total. The molecule has 1 aromatic heterocycles. The summed E-state index contributed by atoms with van der Waals surface area (Å²) in [6.45, 7) is 7.85. The van der Waals surface area contributed by atoms with Gasteiger partial charge in [0.05, 0.1) is 42.2 Å². The lowest BCUT2D eigenvalue weighted by Crippen LogP contribution is -2.39. The van der Waals surface area contributed by atoms with E-state index in [1.165, 1.54) is 23.0 Å². The molecule has 1 atom stereocenters. The number of nitrogens with one attached hydrogen (secondary N) is 1. The highest BCUT2D eigenvalue weighted by atomic mass is 32.1. The Labute approximate surface area is 270 Å². The molecule has 0 saturated carbocycles. The molecule has 11 heteroatoms. The fourth-order valence-corrected chi connectivity index (χ4v) is 6.09. The maximum atomic E-state index is 14.0. The number of esters is 1. The number of allylic oxidation sites excluding steroid dienone is 1. The number of thiazole rings is 1. The van der Waals surface area contributed by atoms with Gasteiger partial charge in [-0.1, -0.05) is 47.2 Å². The molecule has 2 heterocycles. The molecule has 1 aliphatic heterocycles. The molecule has 0 radical (unpaired) electrons. The zero-order valence-electron chi connectivity index (χ0n) is 26.3. The van der Waals surface area contributed by atoms with Crippen LogP contribution in [0.4, 0.5) is 5.69 Å². The topological polar surface area (TPSA) is 117 Å². The fraction of sp³-hybridized carbons (Fsp3) is 0.257. The van der Waals surface area contributed by atoms with Gasteiger partial charge < -0.3 is 24.3 Å². The van der Waals surface area contributed by atoms with Crippen LogP contribution in [0.3, 0.4) is 0 Å². The number of aromatic nitrogens is 1. The molecule has 0 aliphatic carbocycles. The van der Waals surface area contributed by atoms with Crippen molar-refractivity contribution < 1.29 is 28.5 Å². The van der Waals surface area contributed by atoms with Gasteiger partial charge in [0.1, 0.15) is 5.75 Å². The second-order valence-corrected chi connectivity index (χ2v) is 11.4. The second-order valence-electron chi connectivity index (χ2n) is 10.4. The van der Waals surface area contributed by atoms with Crippen LogP contribution in [0, 0.1) is 6.92 Å². The molecular weight excluding hydrogens is 606 g/mol. The van der Waals surface area contributed by atoms with Gasteiger partial charge in [0.25, 0.3) is 11.5 Å². The van der Waals surface area contributed by atoms with Gasteiger partial charge in [-0.25, -0.2) is 9.79 Å². The normalized spacial score (nSPS) is 14.3. The van der Waals surface area contributed by atoms with Crippen molar-refractivity contribution in [2.24, 2.45) is 4.99 Å². The van der Waals surface area contributed by atoms with Gasteiger partial charge >= 0.3 is 5.97 Å². The molecule has 0 saturated heterocycles. The summed E-state index contributed by atoms with van der Waals surface area (Å²) in [6, 6.07) is 19.2. The van der Waals surface area contributed by atoms with E-state index in [4.69, 9.17) is 18.9 Å². The van der Waals surface area contributed by atoms with Crippen LogP contribution in [0.2, 0.25) is 0 Å². The number of fused-ring (bicyclic) bond motifs is 1. The predicted molar refractivity (Wildman–Crippen MR) is 176 cm³/mol. The van der Waals surface area contributed by atoms with Gasteiger partial charge in [-0.05, 0) is 81.3 Å². The first-order valence-corrected chi connectivity index (χ1v) is 15.6. The number of methoxy groups -OCH3 is 1. The Morgan fingerprint density at radius 1 is 0.957 bits per heavy atom. The number of aryl methyl sites for hydroxylation is 1. The summed E-state index contributed by atoms with van der Waals surface area (Å²) in [6.07, 6.45) is 1.73. The summed E-state index contributed by atoms with van der Waals surface area (Å²) >= 11 is 1.22. The summed E-state index contributed by atoms with van der Waals surface area (Å²) in [5, 5.41) is 2.80. The average molecular weight is 642 g/mol. The third kappa shape index (κ3) is 7.05. The number of benzene rings is 3. The number of rotatable bonds is 11. The van der Waals surface area contributed by atoms with Crippen LogP contribution in [0.15, 0.2) is 87.8 Å².